The Bertz CT molecular complexity index is 966. The topological polar surface area (TPSA) is 66.5 Å². The van der Waals surface area contributed by atoms with Crippen molar-refractivity contribution in [2.45, 2.75) is 51.0 Å². The van der Waals surface area contributed by atoms with Crippen molar-refractivity contribution in [2.75, 3.05) is 6.54 Å². The van der Waals surface area contributed by atoms with Crippen molar-refractivity contribution in [3.05, 3.63) is 70.8 Å². The molecular formula is C24H26N2O3. The summed E-state index contributed by atoms with van der Waals surface area (Å²) in [7, 11) is 0. The van der Waals surface area contributed by atoms with Crippen LogP contribution < -0.4 is 5.32 Å². The zero-order valence-corrected chi connectivity index (χ0v) is 16.9. The van der Waals surface area contributed by atoms with Crippen LogP contribution in [0.5, 0.6) is 0 Å². The second-order valence-electron chi connectivity index (χ2n) is 8.09. The minimum absolute atomic E-state index is 0.231. The first-order valence-corrected chi connectivity index (χ1v) is 10.3. The van der Waals surface area contributed by atoms with E-state index in [9.17, 15) is 14.4 Å². The summed E-state index contributed by atoms with van der Waals surface area (Å²) in [4.78, 5) is 39.8. The second-order valence-corrected chi connectivity index (χ2v) is 8.09. The van der Waals surface area contributed by atoms with Gasteiger partial charge < -0.3 is 5.32 Å². The number of carbonyl (C=O) groups excluding carboxylic acids is 3. The average Bonchev–Trinajstić information content (AvgIpc) is 2.98. The number of hydrogen-bond donors (Lipinski definition) is 1. The summed E-state index contributed by atoms with van der Waals surface area (Å²) in [6.07, 6.45) is 3.30. The molecule has 5 heteroatoms. The van der Waals surface area contributed by atoms with E-state index in [1.807, 2.05) is 36.4 Å². The summed E-state index contributed by atoms with van der Waals surface area (Å²) in [5.41, 5.74) is 2.60. The number of imide groups is 1. The molecule has 1 heterocycles. The number of nitrogens with one attached hydrogen (secondary N) is 1. The van der Waals surface area contributed by atoms with E-state index in [2.05, 4.69) is 19.2 Å². The summed E-state index contributed by atoms with van der Waals surface area (Å²) in [5.74, 6) is -0.124. The molecule has 1 spiro atoms. The summed E-state index contributed by atoms with van der Waals surface area (Å²) in [6.45, 7) is 4.03. The van der Waals surface area contributed by atoms with Crippen LogP contribution in [-0.4, -0.2) is 29.2 Å². The van der Waals surface area contributed by atoms with E-state index in [0.717, 1.165) is 35.3 Å². The fourth-order valence-electron chi connectivity index (χ4n) is 4.42. The zero-order valence-electron chi connectivity index (χ0n) is 16.9. The van der Waals surface area contributed by atoms with Crippen LogP contribution in [0.25, 0.3) is 0 Å². The molecule has 3 amide bonds. The fraction of sp³-hybridized carbons (Fsp3) is 0.375. The molecular weight excluding hydrogens is 364 g/mol. The molecule has 0 saturated carbocycles. The highest BCUT2D eigenvalue weighted by Gasteiger charge is 2.54. The van der Waals surface area contributed by atoms with Gasteiger partial charge in [0.05, 0.1) is 6.54 Å². The zero-order chi connectivity index (χ0) is 20.6. The number of nitrogens with zero attached hydrogens (tertiary/aromatic N) is 1. The predicted octanol–water partition coefficient (Wildman–Crippen LogP) is 4.17. The first kappa shape index (κ1) is 19.4. The van der Waals surface area contributed by atoms with Crippen LogP contribution in [0.1, 0.15) is 66.1 Å². The molecule has 0 radical (unpaired) electrons. The van der Waals surface area contributed by atoms with E-state index in [4.69, 9.17) is 0 Å². The molecule has 0 bridgehead atoms. The Morgan fingerprint density at radius 3 is 2.59 bits per heavy atom. The number of urea groups is 1. The monoisotopic (exact) mass is 390 g/mol. The average molecular weight is 390 g/mol. The van der Waals surface area contributed by atoms with Gasteiger partial charge in [0.1, 0.15) is 5.54 Å². The number of aryl methyl sites for hydroxylation is 1. The third kappa shape index (κ3) is 3.24. The Hall–Kier alpha value is -2.95. The van der Waals surface area contributed by atoms with Crippen LogP contribution in [0.15, 0.2) is 48.5 Å². The van der Waals surface area contributed by atoms with Crippen molar-refractivity contribution >= 4 is 17.7 Å². The van der Waals surface area contributed by atoms with E-state index in [1.165, 1.54) is 5.56 Å². The second kappa shape index (κ2) is 7.47. The molecule has 1 aliphatic carbocycles. The quantitative estimate of drug-likeness (QED) is 0.616. The van der Waals surface area contributed by atoms with Gasteiger partial charge in [-0.05, 0) is 48.3 Å². The molecule has 2 atom stereocenters. The standard InChI is InChI=1S/C24H26N2O3/c1-3-16(2)17-10-12-19(13-11-17)21(27)15-26-22(28)24(25-23(26)29)14-6-8-18-7-4-5-9-20(18)24/h4-5,7,9-13,16H,3,6,8,14-15H2,1-2H3,(H,25,29). The van der Waals surface area contributed by atoms with Crippen LogP contribution in [0, 0.1) is 0 Å². The van der Waals surface area contributed by atoms with Crippen molar-refractivity contribution in [3.63, 3.8) is 0 Å². The van der Waals surface area contributed by atoms with E-state index < -0.39 is 11.6 Å². The van der Waals surface area contributed by atoms with Crippen LogP contribution in [-0.2, 0) is 16.8 Å². The van der Waals surface area contributed by atoms with Crippen molar-refractivity contribution in [1.29, 1.82) is 0 Å². The molecule has 29 heavy (non-hydrogen) atoms. The minimum Gasteiger partial charge on any atom is -0.319 e. The highest BCUT2D eigenvalue weighted by atomic mass is 16.2. The van der Waals surface area contributed by atoms with Gasteiger partial charge >= 0.3 is 6.03 Å². The Kier molecular flexibility index (Phi) is 4.99. The number of amides is 3. The molecule has 1 fully saturated rings. The maximum atomic E-state index is 13.3. The smallest absolute Gasteiger partial charge is 0.319 e. The lowest BCUT2D eigenvalue weighted by Gasteiger charge is -2.33. The maximum absolute atomic E-state index is 13.3. The van der Waals surface area contributed by atoms with Gasteiger partial charge in [0.15, 0.2) is 5.78 Å². The van der Waals surface area contributed by atoms with Crippen LogP contribution in [0.3, 0.4) is 0 Å². The molecule has 150 valence electrons. The molecule has 1 N–H and O–H groups in total. The number of benzene rings is 2. The Morgan fingerprint density at radius 2 is 1.86 bits per heavy atom. The van der Waals surface area contributed by atoms with Crippen molar-refractivity contribution in [3.8, 4) is 0 Å². The predicted molar refractivity (Wildman–Crippen MR) is 111 cm³/mol. The van der Waals surface area contributed by atoms with Gasteiger partial charge in [-0.25, -0.2) is 4.79 Å². The molecule has 0 aromatic heterocycles. The van der Waals surface area contributed by atoms with Gasteiger partial charge in [0, 0.05) is 5.56 Å². The fourth-order valence-corrected chi connectivity index (χ4v) is 4.42. The minimum atomic E-state index is -1.04. The molecule has 2 unspecified atom stereocenters. The van der Waals surface area contributed by atoms with Gasteiger partial charge in [-0.1, -0.05) is 62.4 Å². The Morgan fingerprint density at radius 1 is 1.14 bits per heavy atom. The van der Waals surface area contributed by atoms with Crippen LogP contribution >= 0.6 is 0 Å². The highest BCUT2D eigenvalue weighted by Crippen LogP contribution is 2.39. The lowest BCUT2D eigenvalue weighted by atomic mass is 9.76. The van der Waals surface area contributed by atoms with Gasteiger partial charge in [-0.3, -0.25) is 14.5 Å². The number of Topliss-reactive ketones (excluding diaryl/α,β-unsaturated/α-hetero) is 1. The highest BCUT2D eigenvalue weighted by molar-refractivity contribution is 6.11. The van der Waals surface area contributed by atoms with Crippen molar-refractivity contribution < 1.29 is 14.4 Å². The third-order valence-corrected chi connectivity index (χ3v) is 6.37. The van der Waals surface area contributed by atoms with E-state index >= 15 is 0 Å². The SMILES string of the molecule is CCC(C)c1ccc(C(=O)CN2C(=O)NC3(CCCc4ccccc43)C2=O)cc1. The van der Waals surface area contributed by atoms with Crippen LogP contribution in [0.2, 0.25) is 0 Å². The molecule has 5 nitrogen and oxygen atoms in total. The van der Waals surface area contributed by atoms with E-state index in [-0.39, 0.29) is 18.2 Å². The maximum Gasteiger partial charge on any atom is 0.325 e. The number of carbonyl (C=O) groups is 3. The summed E-state index contributed by atoms with van der Waals surface area (Å²) in [5, 5.41) is 2.90. The molecule has 1 saturated heterocycles. The van der Waals surface area contributed by atoms with Crippen molar-refractivity contribution in [2.24, 2.45) is 0 Å². The van der Waals surface area contributed by atoms with E-state index in [1.54, 1.807) is 12.1 Å². The Labute approximate surface area is 171 Å². The first-order chi connectivity index (χ1) is 14.0. The lowest BCUT2D eigenvalue weighted by Crippen LogP contribution is -2.46. The number of rotatable bonds is 5. The summed E-state index contributed by atoms with van der Waals surface area (Å²) < 4.78 is 0. The van der Waals surface area contributed by atoms with Crippen molar-refractivity contribution in [1.82, 2.24) is 10.2 Å². The molecule has 2 aromatic rings. The van der Waals surface area contributed by atoms with Crippen LogP contribution in [0.4, 0.5) is 4.79 Å². The number of hydrogen-bond acceptors (Lipinski definition) is 3. The number of fused-ring (bicyclic) bond motifs is 2. The van der Waals surface area contributed by atoms with Gasteiger partial charge in [-0.2, -0.15) is 0 Å². The normalized spacial score (nSPS) is 21.8. The summed E-state index contributed by atoms with van der Waals surface area (Å²) in [6, 6.07) is 14.7. The van der Waals surface area contributed by atoms with E-state index in [0.29, 0.717) is 17.9 Å². The largest absolute Gasteiger partial charge is 0.325 e. The van der Waals surface area contributed by atoms with Gasteiger partial charge in [0.2, 0.25) is 0 Å². The Balaban J connectivity index is 1.56. The third-order valence-electron chi connectivity index (χ3n) is 6.37. The molecule has 2 aromatic carbocycles. The van der Waals surface area contributed by atoms with Gasteiger partial charge in [0.25, 0.3) is 5.91 Å². The van der Waals surface area contributed by atoms with Gasteiger partial charge in [-0.15, -0.1) is 0 Å². The molecule has 4 rings (SSSR count). The number of ketones is 1. The molecule has 2 aliphatic rings. The summed E-state index contributed by atoms with van der Waals surface area (Å²) >= 11 is 0. The first-order valence-electron chi connectivity index (χ1n) is 10.3. The molecule has 1 aliphatic heterocycles. The lowest BCUT2D eigenvalue weighted by molar-refractivity contribution is -0.131.